The molecule has 1 N–H and O–H groups in total. The first-order valence-corrected chi connectivity index (χ1v) is 5.26. The third-order valence-corrected chi connectivity index (χ3v) is 2.55. The molecule has 0 bridgehead atoms. The lowest BCUT2D eigenvalue weighted by Crippen LogP contribution is -2.01. The predicted molar refractivity (Wildman–Crippen MR) is 56.8 cm³/mol. The van der Waals surface area contributed by atoms with E-state index in [0.717, 1.165) is 0 Å². The summed E-state index contributed by atoms with van der Waals surface area (Å²) in [6.45, 7) is 0. The van der Waals surface area contributed by atoms with Gasteiger partial charge in [0.1, 0.15) is 5.75 Å². The second-order valence-electron chi connectivity index (χ2n) is 2.56. The van der Waals surface area contributed by atoms with Crippen LogP contribution < -0.4 is 4.74 Å². The number of hydrogen-bond donors (Lipinski definition) is 1. The molecule has 0 aromatic heterocycles. The summed E-state index contributed by atoms with van der Waals surface area (Å²) < 4.78 is 5.08. The van der Waals surface area contributed by atoms with Crippen molar-refractivity contribution in [1.29, 1.82) is 0 Å². The highest BCUT2D eigenvalue weighted by Crippen LogP contribution is 2.28. The number of halogens is 2. The van der Waals surface area contributed by atoms with Gasteiger partial charge in [-0.3, -0.25) is 0 Å². The van der Waals surface area contributed by atoms with E-state index in [-0.39, 0.29) is 0 Å². The Kier molecular flexibility index (Phi) is 4.03. The molecule has 4 heteroatoms. The van der Waals surface area contributed by atoms with Crippen LogP contribution in [0.2, 0.25) is 5.02 Å². The van der Waals surface area contributed by atoms with Gasteiger partial charge in [0, 0.05) is 15.9 Å². The minimum Gasteiger partial charge on any atom is -0.496 e. The maximum atomic E-state index is 9.58. The Morgan fingerprint density at radius 2 is 2.31 bits per heavy atom. The fourth-order valence-corrected chi connectivity index (χ4v) is 1.58. The largest absolute Gasteiger partial charge is 0.496 e. The molecule has 0 radical (unpaired) electrons. The quantitative estimate of drug-likeness (QED) is 0.852. The van der Waals surface area contributed by atoms with Crippen LogP contribution in [0, 0.1) is 0 Å². The van der Waals surface area contributed by atoms with E-state index in [2.05, 4.69) is 15.9 Å². The summed E-state index contributed by atoms with van der Waals surface area (Å²) in [6.07, 6.45) is -0.589. The molecule has 1 aromatic carbocycles. The van der Waals surface area contributed by atoms with Gasteiger partial charge in [-0.15, -0.1) is 0 Å². The highest BCUT2D eigenvalue weighted by Gasteiger charge is 2.11. The van der Waals surface area contributed by atoms with Crippen LogP contribution >= 0.6 is 27.5 Å². The van der Waals surface area contributed by atoms with Crippen LogP contribution in [0.1, 0.15) is 11.7 Å². The number of alkyl halides is 1. The van der Waals surface area contributed by atoms with Crippen molar-refractivity contribution in [2.75, 3.05) is 12.4 Å². The molecule has 0 heterocycles. The lowest BCUT2D eigenvalue weighted by molar-refractivity contribution is 0.200. The van der Waals surface area contributed by atoms with Crippen LogP contribution in [0.3, 0.4) is 0 Å². The molecule has 0 amide bonds. The maximum absolute atomic E-state index is 9.58. The Labute approximate surface area is 90.6 Å². The highest BCUT2D eigenvalue weighted by molar-refractivity contribution is 9.09. The normalized spacial score (nSPS) is 12.6. The summed E-state index contributed by atoms with van der Waals surface area (Å²) >= 11 is 8.98. The molecule has 0 saturated carbocycles. The monoisotopic (exact) mass is 264 g/mol. The first-order chi connectivity index (χ1) is 6.19. The number of aliphatic hydroxyl groups excluding tert-OH is 1. The van der Waals surface area contributed by atoms with E-state index in [4.69, 9.17) is 16.3 Å². The van der Waals surface area contributed by atoms with Crippen LogP contribution in [0.5, 0.6) is 5.75 Å². The second kappa shape index (κ2) is 4.84. The molecule has 1 rings (SSSR count). The molecule has 0 spiro atoms. The number of hydrogen-bond acceptors (Lipinski definition) is 2. The second-order valence-corrected chi connectivity index (χ2v) is 3.64. The summed E-state index contributed by atoms with van der Waals surface area (Å²) in [5.41, 5.74) is 0.701. The minimum absolute atomic E-state index is 0.462. The molecule has 0 unspecified atom stereocenters. The van der Waals surface area contributed by atoms with Crippen molar-refractivity contribution in [2.24, 2.45) is 0 Å². The third-order valence-electron chi connectivity index (χ3n) is 1.70. The van der Waals surface area contributed by atoms with E-state index in [1.807, 2.05) is 0 Å². The van der Waals surface area contributed by atoms with E-state index >= 15 is 0 Å². The standard InChI is InChI=1S/C9H10BrClO2/c1-13-9-3-2-6(11)4-7(9)8(12)5-10/h2-4,8,12H,5H2,1H3/t8-/m1/s1. The van der Waals surface area contributed by atoms with Gasteiger partial charge in [0.15, 0.2) is 0 Å². The summed E-state index contributed by atoms with van der Waals surface area (Å²) in [5.74, 6) is 0.649. The maximum Gasteiger partial charge on any atom is 0.124 e. The molecule has 2 nitrogen and oxygen atoms in total. The highest BCUT2D eigenvalue weighted by atomic mass is 79.9. The molecule has 13 heavy (non-hydrogen) atoms. The molecule has 0 aliphatic rings. The molecular formula is C9H10BrClO2. The van der Waals surface area contributed by atoms with Crippen LogP contribution in [0.25, 0.3) is 0 Å². The zero-order chi connectivity index (χ0) is 9.84. The molecule has 1 aromatic rings. The SMILES string of the molecule is COc1ccc(Cl)cc1[C@H](O)CBr. The average molecular weight is 266 g/mol. The summed E-state index contributed by atoms with van der Waals surface area (Å²) in [6, 6.07) is 5.17. The Morgan fingerprint density at radius 3 is 2.85 bits per heavy atom. The van der Waals surface area contributed by atoms with E-state index < -0.39 is 6.10 Å². The Bertz CT molecular complexity index is 291. The van der Waals surface area contributed by atoms with Gasteiger partial charge in [-0.2, -0.15) is 0 Å². The number of aliphatic hydroxyl groups is 1. The van der Waals surface area contributed by atoms with Crippen molar-refractivity contribution in [2.45, 2.75) is 6.10 Å². The van der Waals surface area contributed by atoms with Crippen molar-refractivity contribution in [3.8, 4) is 5.75 Å². The number of rotatable bonds is 3. The van der Waals surface area contributed by atoms with Crippen LogP contribution in [-0.4, -0.2) is 17.5 Å². The smallest absolute Gasteiger partial charge is 0.124 e. The molecule has 0 aliphatic heterocycles. The molecule has 1 atom stereocenters. The number of methoxy groups -OCH3 is 1. The van der Waals surface area contributed by atoms with Crippen molar-refractivity contribution in [3.63, 3.8) is 0 Å². The zero-order valence-corrected chi connectivity index (χ0v) is 9.47. The molecule has 0 fully saturated rings. The number of ether oxygens (including phenoxy) is 1. The molecule has 0 saturated heterocycles. The van der Waals surface area contributed by atoms with Crippen LogP contribution in [0.15, 0.2) is 18.2 Å². The number of benzene rings is 1. The first kappa shape index (κ1) is 10.8. The van der Waals surface area contributed by atoms with E-state index in [1.165, 1.54) is 0 Å². The molecule has 0 aliphatic carbocycles. The molecular weight excluding hydrogens is 255 g/mol. The van der Waals surface area contributed by atoms with Gasteiger partial charge in [-0.1, -0.05) is 27.5 Å². The zero-order valence-electron chi connectivity index (χ0n) is 7.13. The van der Waals surface area contributed by atoms with E-state index in [9.17, 15) is 5.11 Å². The lowest BCUT2D eigenvalue weighted by Gasteiger charge is -2.12. The van der Waals surface area contributed by atoms with Crippen molar-refractivity contribution in [3.05, 3.63) is 28.8 Å². The fraction of sp³-hybridized carbons (Fsp3) is 0.333. The van der Waals surface area contributed by atoms with Crippen molar-refractivity contribution < 1.29 is 9.84 Å². The van der Waals surface area contributed by atoms with Crippen molar-refractivity contribution >= 4 is 27.5 Å². The topological polar surface area (TPSA) is 29.5 Å². The van der Waals surface area contributed by atoms with Crippen LogP contribution in [0.4, 0.5) is 0 Å². The van der Waals surface area contributed by atoms with Gasteiger partial charge in [-0.25, -0.2) is 0 Å². The Balaban J connectivity index is 3.07. The summed E-state index contributed by atoms with van der Waals surface area (Å²) in [4.78, 5) is 0. The average Bonchev–Trinajstić information content (AvgIpc) is 2.16. The fourth-order valence-electron chi connectivity index (χ4n) is 1.05. The summed E-state index contributed by atoms with van der Waals surface area (Å²) in [5, 5.41) is 10.6. The van der Waals surface area contributed by atoms with Gasteiger partial charge < -0.3 is 9.84 Å². The van der Waals surface area contributed by atoms with Gasteiger partial charge >= 0.3 is 0 Å². The van der Waals surface area contributed by atoms with Gasteiger partial charge in [0.25, 0.3) is 0 Å². The Morgan fingerprint density at radius 1 is 1.62 bits per heavy atom. The van der Waals surface area contributed by atoms with Gasteiger partial charge in [0.2, 0.25) is 0 Å². The van der Waals surface area contributed by atoms with Crippen molar-refractivity contribution in [1.82, 2.24) is 0 Å². The van der Waals surface area contributed by atoms with E-state index in [1.54, 1.807) is 25.3 Å². The van der Waals surface area contributed by atoms with Crippen LogP contribution in [-0.2, 0) is 0 Å². The predicted octanol–water partition coefficient (Wildman–Crippen LogP) is 2.78. The van der Waals surface area contributed by atoms with Gasteiger partial charge in [-0.05, 0) is 18.2 Å². The van der Waals surface area contributed by atoms with Gasteiger partial charge in [0.05, 0.1) is 13.2 Å². The molecule has 72 valence electrons. The lowest BCUT2D eigenvalue weighted by atomic mass is 10.1. The Hall–Kier alpha value is -0.250. The third kappa shape index (κ3) is 2.59. The van der Waals surface area contributed by atoms with E-state index in [0.29, 0.717) is 21.7 Å². The first-order valence-electron chi connectivity index (χ1n) is 3.76. The minimum atomic E-state index is -0.589. The summed E-state index contributed by atoms with van der Waals surface area (Å²) in [7, 11) is 1.56.